The highest BCUT2D eigenvalue weighted by molar-refractivity contribution is 7.94. The molecule has 7 nitrogen and oxygen atoms in total. The second-order valence-corrected chi connectivity index (χ2v) is 9.70. The lowest BCUT2D eigenvalue weighted by Gasteiger charge is -2.23. The fraction of sp³-hybridized carbons (Fsp3) is 0.304. The fourth-order valence-corrected chi connectivity index (χ4v) is 3.70. The zero-order valence-electron chi connectivity index (χ0n) is 17.9. The molecular formula is C23H28N2O5S. The number of sulfone groups is 1. The maximum Gasteiger partial charge on any atom is 0.408 e. The molecule has 0 unspecified atom stereocenters. The molecule has 0 saturated heterocycles. The van der Waals surface area contributed by atoms with Gasteiger partial charge in [-0.2, -0.15) is 0 Å². The van der Waals surface area contributed by atoms with Crippen LogP contribution in [0.1, 0.15) is 26.3 Å². The van der Waals surface area contributed by atoms with Crippen molar-refractivity contribution in [1.29, 1.82) is 0 Å². The number of rotatable bonds is 8. The van der Waals surface area contributed by atoms with Crippen LogP contribution in [0.5, 0.6) is 0 Å². The smallest absolute Gasteiger partial charge is 0.408 e. The van der Waals surface area contributed by atoms with Crippen LogP contribution in [0.25, 0.3) is 0 Å². The van der Waals surface area contributed by atoms with Crippen LogP contribution in [-0.4, -0.2) is 38.6 Å². The maximum atomic E-state index is 12.7. The van der Waals surface area contributed by atoms with E-state index in [9.17, 15) is 18.0 Å². The fourth-order valence-electron chi connectivity index (χ4n) is 2.66. The van der Waals surface area contributed by atoms with Crippen molar-refractivity contribution in [2.75, 3.05) is 6.54 Å². The monoisotopic (exact) mass is 444 g/mol. The molecule has 0 fully saturated rings. The summed E-state index contributed by atoms with van der Waals surface area (Å²) in [5.41, 5.74) is 0.160. The van der Waals surface area contributed by atoms with E-state index in [0.717, 1.165) is 11.0 Å². The zero-order valence-corrected chi connectivity index (χ0v) is 18.7. The molecule has 0 aliphatic heterocycles. The highest BCUT2D eigenvalue weighted by atomic mass is 32.2. The van der Waals surface area contributed by atoms with Gasteiger partial charge in [0.05, 0.1) is 4.90 Å². The zero-order chi connectivity index (χ0) is 22.9. The van der Waals surface area contributed by atoms with Crippen LogP contribution < -0.4 is 10.6 Å². The van der Waals surface area contributed by atoms with E-state index >= 15 is 0 Å². The van der Waals surface area contributed by atoms with Gasteiger partial charge in [-0.25, -0.2) is 13.2 Å². The second kappa shape index (κ2) is 10.8. The van der Waals surface area contributed by atoms with Crippen molar-refractivity contribution >= 4 is 21.8 Å². The Labute approximate surface area is 183 Å². The molecule has 0 aliphatic rings. The topological polar surface area (TPSA) is 102 Å². The Morgan fingerprint density at radius 2 is 1.58 bits per heavy atom. The first-order valence-corrected chi connectivity index (χ1v) is 11.4. The summed E-state index contributed by atoms with van der Waals surface area (Å²) in [6.45, 7) is 5.19. The minimum Gasteiger partial charge on any atom is -0.444 e. The van der Waals surface area contributed by atoms with Crippen molar-refractivity contribution in [3.8, 4) is 0 Å². The number of benzene rings is 2. The van der Waals surface area contributed by atoms with E-state index in [0.29, 0.717) is 0 Å². The Hall–Kier alpha value is -3.13. The lowest BCUT2D eigenvalue weighted by Crippen LogP contribution is -2.49. The predicted octanol–water partition coefficient (Wildman–Crippen LogP) is 3.23. The van der Waals surface area contributed by atoms with Crippen molar-refractivity contribution in [3.63, 3.8) is 0 Å². The van der Waals surface area contributed by atoms with Gasteiger partial charge in [-0.3, -0.25) is 4.79 Å². The summed E-state index contributed by atoms with van der Waals surface area (Å²) in [6, 6.07) is 16.4. The first kappa shape index (κ1) is 24.1. The average Bonchev–Trinajstić information content (AvgIpc) is 2.70. The van der Waals surface area contributed by atoms with Gasteiger partial charge in [0.15, 0.2) is 9.84 Å². The predicted molar refractivity (Wildman–Crippen MR) is 119 cm³/mol. The summed E-state index contributed by atoms with van der Waals surface area (Å²) >= 11 is 0. The van der Waals surface area contributed by atoms with E-state index in [2.05, 4.69) is 10.6 Å². The molecule has 0 aromatic heterocycles. The normalized spacial score (nSPS) is 12.9. The van der Waals surface area contributed by atoms with Crippen LogP contribution in [0, 0.1) is 0 Å². The van der Waals surface area contributed by atoms with E-state index in [-0.39, 0.29) is 17.9 Å². The molecule has 2 amide bonds. The van der Waals surface area contributed by atoms with Crippen LogP contribution in [-0.2, 0) is 25.8 Å². The van der Waals surface area contributed by atoms with Crippen LogP contribution in [0.4, 0.5) is 4.79 Å². The molecule has 0 aliphatic carbocycles. The number of amides is 2. The standard InChI is InChI=1S/C23H28N2O5S/c1-23(2,3)30-22(27)25-20(17-18-11-6-4-7-12-18)21(26)24-15-10-16-31(28,29)19-13-8-5-9-14-19/h4-14,16,20H,15,17H2,1-3H3,(H,24,26)(H,25,27)/b16-10+/t20-/m0/s1. The minimum atomic E-state index is -3.59. The van der Waals surface area contributed by atoms with Crippen molar-refractivity contribution in [2.24, 2.45) is 0 Å². The summed E-state index contributed by atoms with van der Waals surface area (Å²) in [5.74, 6) is -0.448. The van der Waals surface area contributed by atoms with Gasteiger partial charge in [0.2, 0.25) is 5.91 Å². The highest BCUT2D eigenvalue weighted by Crippen LogP contribution is 2.11. The molecule has 166 valence electrons. The van der Waals surface area contributed by atoms with E-state index in [1.807, 2.05) is 30.3 Å². The number of alkyl carbamates (subject to hydrolysis) is 1. The van der Waals surface area contributed by atoms with Crippen LogP contribution in [0.3, 0.4) is 0 Å². The quantitative estimate of drug-likeness (QED) is 0.651. The molecule has 2 N–H and O–H groups in total. The van der Waals surface area contributed by atoms with Gasteiger partial charge in [-0.15, -0.1) is 0 Å². The van der Waals surface area contributed by atoms with Crippen molar-refractivity contribution < 1.29 is 22.7 Å². The van der Waals surface area contributed by atoms with Crippen molar-refractivity contribution in [1.82, 2.24) is 10.6 Å². The van der Waals surface area contributed by atoms with Crippen LogP contribution >= 0.6 is 0 Å². The molecule has 2 aromatic carbocycles. The maximum absolute atomic E-state index is 12.7. The van der Waals surface area contributed by atoms with Gasteiger partial charge in [0.25, 0.3) is 0 Å². The largest absolute Gasteiger partial charge is 0.444 e. The summed E-state index contributed by atoms with van der Waals surface area (Å²) in [6.07, 6.45) is 0.913. The Bertz CT molecular complexity index is 997. The third-order valence-corrected chi connectivity index (χ3v) is 5.51. The summed E-state index contributed by atoms with van der Waals surface area (Å²) in [7, 11) is -3.59. The molecule has 0 spiro atoms. The number of carbonyl (C=O) groups excluding carboxylic acids is 2. The molecule has 0 saturated carbocycles. The Balaban J connectivity index is 2.02. The Morgan fingerprint density at radius 3 is 2.16 bits per heavy atom. The SMILES string of the molecule is CC(C)(C)OC(=O)N[C@@H](Cc1ccccc1)C(=O)NC/C=C/S(=O)(=O)c1ccccc1. The van der Waals surface area contributed by atoms with Gasteiger partial charge in [0, 0.05) is 18.4 Å². The lowest BCUT2D eigenvalue weighted by atomic mass is 10.1. The molecule has 8 heteroatoms. The average molecular weight is 445 g/mol. The Morgan fingerprint density at radius 1 is 1.00 bits per heavy atom. The summed E-state index contributed by atoms with van der Waals surface area (Å²) in [5, 5.41) is 6.28. The number of hydrogen-bond donors (Lipinski definition) is 2. The number of hydrogen-bond acceptors (Lipinski definition) is 5. The molecular weight excluding hydrogens is 416 g/mol. The van der Waals surface area contributed by atoms with Crippen molar-refractivity contribution in [2.45, 2.75) is 43.7 Å². The molecule has 0 radical (unpaired) electrons. The summed E-state index contributed by atoms with van der Waals surface area (Å²) < 4.78 is 29.8. The van der Waals surface area contributed by atoms with Gasteiger partial charge >= 0.3 is 6.09 Å². The molecule has 2 aromatic rings. The van der Waals surface area contributed by atoms with E-state index in [4.69, 9.17) is 4.74 Å². The van der Waals surface area contributed by atoms with E-state index in [1.54, 1.807) is 39.0 Å². The van der Waals surface area contributed by atoms with Gasteiger partial charge < -0.3 is 15.4 Å². The Kier molecular flexibility index (Phi) is 8.38. The first-order valence-electron chi connectivity index (χ1n) is 9.85. The number of nitrogens with one attached hydrogen (secondary N) is 2. The number of ether oxygens (including phenoxy) is 1. The summed E-state index contributed by atoms with van der Waals surface area (Å²) in [4.78, 5) is 25.0. The molecule has 0 heterocycles. The second-order valence-electron chi connectivity index (χ2n) is 7.86. The molecule has 0 bridgehead atoms. The third-order valence-electron chi connectivity index (χ3n) is 4.03. The highest BCUT2D eigenvalue weighted by Gasteiger charge is 2.24. The van der Waals surface area contributed by atoms with Gasteiger partial charge in [0.1, 0.15) is 11.6 Å². The third kappa shape index (κ3) is 8.64. The first-order chi connectivity index (χ1) is 14.6. The molecule has 2 rings (SSSR count). The van der Waals surface area contributed by atoms with Gasteiger partial charge in [-0.1, -0.05) is 54.6 Å². The minimum absolute atomic E-state index is 0.00775. The molecule has 31 heavy (non-hydrogen) atoms. The van der Waals surface area contributed by atoms with Crippen molar-refractivity contribution in [3.05, 3.63) is 77.7 Å². The van der Waals surface area contributed by atoms with Gasteiger partial charge in [-0.05, 0) is 38.5 Å². The van der Waals surface area contributed by atoms with Crippen LogP contribution in [0.15, 0.2) is 77.0 Å². The molecule has 1 atom stereocenters. The number of carbonyl (C=O) groups is 2. The van der Waals surface area contributed by atoms with E-state index in [1.165, 1.54) is 18.2 Å². The lowest BCUT2D eigenvalue weighted by molar-refractivity contribution is -0.123. The van der Waals surface area contributed by atoms with E-state index < -0.39 is 33.5 Å². The van der Waals surface area contributed by atoms with Crippen LogP contribution in [0.2, 0.25) is 0 Å².